The van der Waals surface area contributed by atoms with Crippen molar-refractivity contribution >= 4 is 5.91 Å². The number of nitrogens with zero attached hydrogens (tertiary/aromatic N) is 1. The van der Waals surface area contributed by atoms with Gasteiger partial charge in [-0.1, -0.05) is 25.0 Å². The third-order valence-corrected chi connectivity index (χ3v) is 3.94. The Morgan fingerprint density at radius 1 is 1.10 bits per heavy atom. The smallest absolute Gasteiger partial charge is 0.263 e. The number of carbonyl (C=O) groups excluding carboxylic acids is 1. The van der Waals surface area contributed by atoms with Gasteiger partial charge in [-0.25, -0.2) is 0 Å². The van der Waals surface area contributed by atoms with Gasteiger partial charge in [0.1, 0.15) is 5.75 Å². The number of ether oxygens (including phenoxy) is 1. The van der Waals surface area contributed by atoms with Crippen LogP contribution in [-0.2, 0) is 4.79 Å². The van der Waals surface area contributed by atoms with Crippen LogP contribution in [0.4, 0.5) is 0 Å². The standard InChI is InChI=1S/C17H25NO3/c1-13(19)15-7-9-16(10-8-15)21-14(2)17(20)18-11-5-3-4-6-12-18/h7-10,13-14,19H,3-6,11-12H2,1-2H3/t13-,14?/m1/s1. The average Bonchev–Trinajstić information content (AvgIpc) is 2.76. The van der Waals surface area contributed by atoms with Crippen molar-refractivity contribution in [1.29, 1.82) is 0 Å². The van der Waals surface area contributed by atoms with Gasteiger partial charge in [0.25, 0.3) is 5.91 Å². The zero-order chi connectivity index (χ0) is 15.2. The molecule has 1 unspecified atom stereocenters. The van der Waals surface area contributed by atoms with Crippen LogP contribution in [0.5, 0.6) is 5.75 Å². The van der Waals surface area contributed by atoms with E-state index in [0.717, 1.165) is 31.5 Å². The number of likely N-dealkylation sites (tertiary alicyclic amines) is 1. The third-order valence-electron chi connectivity index (χ3n) is 3.94. The van der Waals surface area contributed by atoms with Crippen LogP contribution in [0.15, 0.2) is 24.3 Å². The van der Waals surface area contributed by atoms with E-state index in [0.29, 0.717) is 5.75 Å². The van der Waals surface area contributed by atoms with Crippen LogP contribution in [0.1, 0.15) is 51.2 Å². The Morgan fingerprint density at radius 3 is 2.19 bits per heavy atom. The minimum Gasteiger partial charge on any atom is -0.481 e. The molecule has 0 saturated carbocycles. The minimum atomic E-state index is -0.491. The molecule has 1 aromatic rings. The highest BCUT2D eigenvalue weighted by Gasteiger charge is 2.22. The van der Waals surface area contributed by atoms with Crippen LogP contribution in [-0.4, -0.2) is 35.1 Å². The zero-order valence-electron chi connectivity index (χ0n) is 12.9. The number of amides is 1. The van der Waals surface area contributed by atoms with Gasteiger partial charge in [0.15, 0.2) is 6.10 Å². The first kappa shape index (κ1) is 15.8. The van der Waals surface area contributed by atoms with E-state index in [4.69, 9.17) is 4.74 Å². The van der Waals surface area contributed by atoms with Crippen molar-refractivity contribution in [1.82, 2.24) is 4.90 Å². The Bertz CT molecular complexity index is 448. The maximum Gasteiger partial charge on any atom is 0.263 e. The minimum absolute atomic E-state index is 0.0662. The molecule has 1 heterocycles. The molecule has 2 atom stereocenters. The Labute approximate surface area is 126 Å². The maximum absolute atomic E-state index is 12.4. The normalized spacial score (nSPS) is 18.7. The highest BCUT2D eigenvalue weighted by molar-refractivity contribution is 5.80. The quantitative estimate of drug-likeness (QED) is 0.928. The molecular weight excluding hydrogens is 266 g/mol. The molecule has 2 rings (SSSR count). The highest BCUT2D eigenvalue weighted by Crippen LogP contribution is 2.19. The molecule has 21 heavy (non-hydrogen) atoms. The second kappa shape index (κ2) is 7.46. The van der Waals surface area contributed by atoms with E-state index in [9.17, 15) is 9.90 Å². The molecule has 1 aliphatic rings. The van der Waals surface area contributed by atoms with Crippen LogP contribution < -0.4 is 4.74 Å². The van der Waals surface area contributed by atoms with Crippen molar-refractivity contribution in [3.63, 3.8) is 0 Å². The van der Waals surface area contributed by atoms with Crippen molar-refractivity contribution in [2.45, 2.75) is 51.7 Å². The first-order valence-corrected chi connectivity index (χ1v) is 7.81. The molecule has 0 aromatic heterocycles. The summed E-state index contributed by atoms with van der Waals surface area (Å²) < 4.78 is 5.73. The summed E-state index contributed by atoms with van der Waals surface area (Å²) in [6.45, 7) is 5.21. The lowest BCUT2D eigenvalue weighted by molar-refractivity contribution is -0.137. The Morgan fingerprint density at radius 2 is 1.67 bits per heavy atom. The second-order valence-electron chi connectivity index (χ2n) is 5.74. The lowest BCUT2D eigenvalue weighted by Crippen LogP contribution is -2.40. The molecule has 1 saturated heterocycles. The van der Waals surface area contributed by atoms with Crippen molar-refractivity contribution in [3.8, 4) is 5.75 Å². The van der Waals surface area contributed by atoms with E-state index >= 15 is 0 Å². The van der Waals surface area contributed by atoms with Gasteiger partial charge in [-0.05, 0) is 44.4 Å². The predicted octanol–water partition coefficient (Wildman–Crippen LogP) is 2.91. The fraction of sp³-hybridized carbons (Fsp3) is 0.588. The number of benzene rings is 1. The van der Waals surface area contributed by atoms with Crippen LogP contribution in [0, 0.1) is 0 Å². The van der Waals surface area contributed by atoms with Crippen molar-refractivity contribution in [2.24, 2.45) is 0 Å². The van der Waals surface area contributed by atoms with Crippen molar-refractivity contribution in [2.75, 3.05) is 13.1 Å². The topological polar surface area (TPSA) is 49.8 Å². The summed E-state index contributed by atoms with van der Waals surface area (Å²) >= 11 is 0. The summed E-state index contributed by atoms with van der Waals surface area (Å²) in [7, 11) is 0. The summed E-state index contributed by atoms with van der Waals surface area (Å²) in [6, 6.07) is 7.24. The highest BCUT2D eigenvalue weighted by atomic mass is 16.5. The van der Waals surface area contributed by atoms with Gasteiger partial charge in [-0.15, -0.1) is 0 Å². The van der Waals surface area contributed by atoms with Gasteiger partial charge in [0, 0.05) is 13.1 Å². The van der Waals surface area contributed by atoms with Gasteiger partial charge < -0.3 is 14.7 Å². The molecule has 0 bridgehead atoms. The van der Waals surface area contributed by atoms with Crippen LogP contribution in [0.2, 0.25) is 0 Å². The van der Waals surface area contributed by atoms with Gasteiger partial charge in [0.2, 0.25) is 0 Å². The van der Waals surface area contributed by atoms with Gasteiger partial charge in [-0.3, -0.25) is 4.79 Å². The molecule has 4 nitrogen and oxygen atoms in total. The SMILES string of the molecule is CC(Oc1ccc([C@@H](C)O)cc1)C(=O)N1CCCCCC1. The van der Waals surface area contributed by atoms with Crippen LogP contribution >= 0.6 is 0 Å². The second-order valence-corrected chi connectivity index (χ2v) is 5.74. The first-order chi connectivity index (χ1) is 10.1. The van der Waals surface area contributed by atoms with Crippen LogP contribution in [0.25, 0.3) is 0 Å². The molecular formula is C17H25NO3. The average molecular weight is 291 g/mol. The molecule has 0 spiro atoms. The largest absolute Gasteiger partial charge is 0.481 e. The summed E-state index contributed by atoms with van der Waals surface area (Å²) in [5.74, 6) is 0.728. The van der Waals surface area contributed by atoms with Gasteiger partial charge in [0.05, 0.1) is 6.10 Å². The third kappa shape index (κ3) is 4.46. The zero-order valence-corrected chi connectivity index (χ0v) is 12.9. The monoisotopic (exact) mass is 291 g/mol. The fourth-order valence-corrected chi connectivity index (χ4v) is 2.63. The van der Waals surface area contributed by atoms with Crippen LogP contribution in [0.3, 0.4) is 0 Å². The van der Waals surface area contributed by atoms with E-state index in [1.165, 1.54) is 12.8 Å². The lowest BCUT2D eigenvalue weighted by atomic mass is 10.1. The van der Waals surface area contributed by atoms with Gasteiger partial charge in [-0.2, -0.15) is 0 Å². The fourth-order valence-electron chi connectivity index (χ4n) is 2.63. The number of rotatable bonds is 4. The summed E-state index contributed by atoms with van der Waals surface area (Å²) in [5, 5.41) is 9.48. The Hall–Kier alpha value is -1.55. The number of carbonyl (C=O) groups is 1. The number of aliphatic hydroxyl groups excluding tert-OH is 1. The molecule has 0 radical (unpaired) electrons. The van der Waals surface area contributed by atoms with E-state index in [1.807, 2.05) is 17.0 Å². The van der Waals surface area contributed by atoms with E-state index in [1.54, 1.807) is 26.0 Å². The summed E-state index contributed by atoms with van der Waals surface area (Å²) in [6.07, 6.45) is 3.62. The number of hydrogen-bond donors (Lipinski definition) is 1. The van der Waals surface area contributed by atoms with Crippen molar-refractivity contribution in [3.05, 3.63) is 29.8 Å². The maximum atomic E-state index is 12.4. The predicted molar refractivity (Wildman–Crippen MR) is 82.2 cm³/mol. The molecule has 1 aliphatic heterocycles. The summed E-state index contributed by atoms with van der Waals surface area (Å²) in [5.41, 5.74) is 0.842. The van der Waals surface area contributed by atoms with Gasteiger partial charge >= 0.3 is 0 Å². The van der Waals surface area contributed by atoms with Crippen molar-refractivity contribution < 1.29 is 14.6 Å². The van der Waals surface area contributed by atoms with E-state index in [-0.39, 0.29) is 5.91 Å². The Balaban J connectivity index is 1.93. The van der Waals surface area contributed by atoms with E-state index < -0.39 is 12.2 Å². The molecule has 116 valence electrons. The molecule has 1 N–H and O–H groups in total. The summed E-state index contributed by atoms with van der Waals surface area (Å²) in [4.78, 5) is 14.3. The molecule has 1 fully saturated rings. The molecule has 1 aromatic carbocycles. The lowest BCUT2D eigenvalue weighted by Gasteiger charge is -2.24. The number of aliphatic hydroxyl groups is 1. The Kier molecular flexibility index (Phi) is 5.62. The first-order valence-electron chi connectivity index (χ1n) is 7.81. The number of hydrogen-bond acceptors (Lipinski definition) is 3. The molecule has 4 heteroatoms. The van der Waals surface area contributed by atoms with E-state index in [2.05, 4.69) is 0 Å². The molecule has 0 aliphatic carbocycles. The molecule has 1 amide bonds.